The number of halogens is 3. The van der Waals surface area contributed by atoms with Crippen LogP contribution in [0.25, 0.3) is 11.1 Å². The van der Waals surface area contributed by atoms with E-state index in [0.717, 1.165) is 53.9 Å². The van der Waals surface area contributed by atoms with Gasteiger partial charge in [0.1, 0.15) is 12.6 Å². The SMILES string of the molecule is CCC[C@@H](C(=O)NCC#N)N(C)C(c1ccc(-c2ccc(N3CCN(C4CC4)CC3)cc2)cc1)C(F)(F)F. The highest BCUT2D eigenvalue weighted by Crippen LogP contribution is 2.39. The maximum Gasteiger partial charge on any atom is 0.408 e. The molecule has 38 heavy (non-hydrogen) atoms. The summed E-state index contributed by atoms with van der Waals surface area (Å²) in [5, 5.41) is 11.2. The van der Waals surface area contributed by atoms with Gasteiger partial charge in [-0.25, -0.2) is 0 Å². The van der Waals surface area contributed by atoms with Crippen LogP contribution in [0.2, 0.25) is 0 Å². The summed E-state index contributed by atoms with van der Waals surface area (Å²) in [5.41, 5.74) is 3.01. The van der Waals surface area contributed by atoms with E-state index in [9.17, 15) is 18.0 Å². The van der Waals surface area contributed by atoms with Crippen molar-refractivity contribution in [2.24, 2.45) is 0 Å². The van der Waals surface area contributed by atoms with Crippen LogP contribution in [0.15, 0.2) is 48.5 Å². The van der Waals surface area contributed by atoms with E-state index in [1.165, 1.54) is 32.0 Å². The number of rotatable bonds is 10. The van der Waals surface area contributed by atoms with Crippen LogP contribution in [-0.2, 0) is 4.79 Å². The maximum atomic E-state index is 14.3. The molecule has 1 saturated carbocycles. The number of nitrogens with one attached hydrogen (secondary N) is 1. The lowest BCUT2D eigenvalue weighted by Crippen LogP contribution is -2.49. The minimum Gasteiger partial charge on any atom is -0.369 e. The molecule has 9 heteroatoms. The van der Waals surface area contributed by atoms with E-state index < -0.39 is 24.2 Å². The molecule has 1 N–H and O–H groups in total. The lowest BCUT2D eigenvalue weighted by Gasteiger charge is -2.36. The van der Waals surface area contributed by atoms with E-state index in [2.05, 4.69) is 27.2 Å². The molecule has 0 bridgehead atoms. The molecule has 6 nitrogen and oxygen atoms in total. The molecule has 1 aliphatic carbocycles. The number of nitrogens with zero attached hydrogens (tertiary/aromatic N) is 4. The fourth-order valence-corrected chi connectivity index (χ4v) is 5.38. The van der Waals surface area contributed by atoms with Crippen molar-refractivity contribution in [3.8, 4) is 17.2 Å². The number of hydrogen-bond donors (Lipinski definition) is 1. The zero-order chi connectivity index (χ0) is 27.3. The Balaban J connectivity index is 1.47. The minimum atomic E-state index is -4.58. The van der Waals surface area contributed by atoms with Crippen LogP contribution in [0.1, 0.15) is 44.2 Å². The van der Waals surface area contributed by atoms with Crippen LogP contribution in [0, 0.1) is 11.3 Å². The quantitative estimate of drug-likeness (QED) is 0.442. The summed E-state index contributed by atoms with van der Waals surface area (Å²) in [6.45, 7) is 5.75. The first kappa shape index (κ1) is 27.9. The van der Waals surface area contributed by atoms with Gasteiger partial charge in [0.25, 0.3) is 0 Å². The number of amides is 1. The Kier molecular flexibility index (Phi) is 8.95. The molecule has 0 radical (unpaired) electrons. The first-order valence-electron chi connectivity index (χ1n) is 13.4. The summed E-state index contributed by atoms with van der Waals surface area (Å²) in [7, 11) is 1.32. The van der Waals surface area contributed by atoms with E-state index in [0.29, 0.717) is 6.42 Å². The highest BCUT2D eigenvalue weighted by molar-refractivity contribution is 5.82. The van der Waals surface area contributed by atoms with Gasteiger partial charge in [0.15, 0.2) is 0 Å². The second kappa shape index (κ2) is 12.2. The van der Waals surface area contributed by atoms with Gasteiger partial charge >= 0.3 is 6.18 Å². The van der Waals surface area contributed by atoms with Crippen molar-refractivity contribution in [2.45, 2.75) is 56.9 Å². The van der Waals surface area contributed by atoms with Crippen molar-refractivity contribution in [1.29, 1.82) is 5.26 Å². The predicted molar refractivity (Wildman–Crippen MR) is 143 cm³/mol. The highest BCUT2D eigenvalue weighted by Gasteiger charge is 2.46. The summed E-state index contributed by atoms with van der Waals surface area (Å²) in [4.78, 5) is 18.6. The van der Waals surface area contributed by atoms with E-state index >= 15 is 0 Å². The second-order valence-corrected chi connectivity index (χ2v) is 10.2. The van der Waals surface area contributed by atoms with E-state index in [1.807, 2.05) is 19.1 Å². The van der Waals surface area contributed by atoms with Gasteiger partial charge in [0, 0.05) is 37.9 Å². The first-order chi connectivity index (χ1) is 18.2. The van der Waals surface area contributed by atoms with Gasteiger partial charge in [0.2, 0.25) is 5.91 Å². The Bertz CT molecular complexity index is 1100. The standard InChI is InChI=1S/C29H36F3N5O/c1-3-4-26(28(38)34-16-15-33)35(2)27(29(30,31)32)23-7-5-21(6-8-23)22-9-11-24(12-10-22)36-17-19-37(20-18-36)25-13-14-25/h5-12,25-27H,3-4,13-14,16-20H2,1-2H3,(H,34,38)/t26-,27?/m0/s1. The summed E-state index contributed by atoms with van der Waals surface area (Å²) in [5.74, 6) is -0.573. The summed E-state index contributed by atoms with van der Waals surface area (Å²) >= 11 is 0. The van der Waals surface area contributed by atoms with Gasteiger partial charge in [-0.15, -0.1) is 0 Å². The van der Waals surface area contributed by atoms with Gasteiger partial charge in [-0.2, -0.15) is 18.4 Å². The van der Waals surface area contributed by atoms with Crippen LogP contribution in [0.5, 0.6) is 0 Å². The molecule has 0 spiro atoms. The third-order valence-corrected chi connectivity index (χ3v) is 7.59. The zero-order valence-corrected chi connectivity index (χ0v) is 22.0. The van der Waals surface area contributed by atoms with E-state index in [-0.39, 0.29) is 18.5 Å². The highest BCUT2D eigenvalue weighted by atomic mass is 19.4. The molecular formula is C29H36F3N5O. The Labute approximate surface area is 223 Å². The normalized spacial score (nSPS) is 18.2. The van der Waals surface area contributed by atoms with Crippen LogP contribution in [0.3, 0.4) is 0 Å². The lowest BCUT2D eigenvalue weighted by atomic mass is 9.97. The van der Waals surface area contributed by atoms with Gasteiger partial charge in [-0.1, -0.05) is 49.7 Å². The fourth-order valence-electron chi connectivity index (χ4n) is 5.38. The van der Waals surface area contributed by atoms with Crippen molar-refractivity contribution in [3.63, 3.8) is 0 Å². The third kappa shape index (κ3) is 6.66. The molecule has 2 atom stereocenters. The van der Waals surface area contributed by atoms with Crippen LogP contribution in [-0.4, -0.2) is 73.7 Å². The molecule has 0 aromatic heterocycles. The number of benzene rings is 2. The average Bonchev–Trinajstić information content (AvgIpc) is 3.76. The fraction of sp³-hybridized carbons (Fsp3) is 0.517. The molecule has 1 saturated heterocycles. The van der Waals surface area contributed by atoms with Crippen molar-refractivity contribution >= 4 is 11.6 Å². The molecule has 1 amide bonds. The molecule has 1 aliphatic heterocycles. The summed E-state index contributed by atoms with van der Waals surface area (Å²) in [6, 6.07) is 14.2. The molecule has 2 aromatic carbocycles. The number of piperazine rings is 1. The number of likely N-dealkylation sites (N-methyl/N-ethyl adjacent to an activating group) is 1. The Hall–Kier alpha value is -3.09. The molecule has 204 valence electrons. The maximum absolute atomic E-state index is 14.3. The number of nitriles is 1. The van der Waals surface area contributed by atoms with Crippen LogP contribution < -0.4 is 10.2 Å². The van der Waals surface area contributed by atoms with Gasteiger partial charge in [-0.3, -0.25) is 14.6 Å². The summed E-state index contributed by atoms with van der Waals surface area (Å²) in [6.07, 6.45) is -1.15. The minimum absolute atomic E-state index is 0.0723. The number of anilines is 1. The Morgan fingerprint density at radius 1 is 1.05 bits per heavy atom. The van der Waals surface area contributed by atoms with Gasteiger partial charge in [-0.05, 0) is 55.1 Å². The number of hydrogen-bond acceptors (Lipinski definition) is 5. The summed E-state index contributed by atoms with van der Waals surface area (Å²) < 4.78 is 42.8. The number of carbonyl (C=O) groups is 1. The monoisotopic (exact) mass is 527 g/mol. The van der Waals surface area contributed by atoms with Crippen molar-refractivity contribution < 1.29 is 18.0 Å². The van der Waals surface area contributed by atoms with Crippen molar-refractivity contribution in [1.82, 2.24) is 15.1 Å². The average molecular weight is 528 g/mol. The van der Waals surface area contributed by atoms with Crippen LogP contribution in [0.4, 0.5) is 18.9 Å². The molecule has 1 heterocycles. The molecule has 2 aromatic rings. The third-order valence-electron chi connectivity index (χ3n) is 7.59. The van der Waals surface area contributed by atoms with Crippen molar-refractivity contribution in [3.05, 3.63) is 54.1 Å². The Morgan fingerprint density at radius 3 is 2.13 bits per heavy atom. The zero-order valence-electron chi connectivity index (χ0n) is 22.0. The predicted octanol–water partition coefficient (Wildman–Crippen LogP) is 4.98. The number of alkyl halides is 3. The lowest BCUT2D eigenvalue weighted by molar-refractivity contribution is -0.189. The first-order valence-corrected chi connectivity index (χ1v) is 13.4. The van der Waals surface area contributed by atoms with Crippen LogP contribution >= 0.6 is 0 Å². The molecule has 4 rings (SSSR count). The number of carbonyl (C=O) groups excluding carboxylic acids is 1. The molecule has 2 fully saturated rings. The Morgan fingerprint density at radius 2 is 1.63 bits per heavy atom. The molecular weight excluding hydrogens is 491 g/mol. The second-order valence-electron chi connectivity index (χ2n) is 10.2. The smallest absolute Gasteiger partial charge is 0.369 e. The van der Waals surface area contributed by atoms with Gasteiger partial charge < -0.3 is 10.2 Å². The molecule has 1 unspecified atom stereocenters. The topological polar surface area (TPSA) is 62.6 Å². The van der Waals surface area contributed by atoms with Gasteiger partial charge in [0.05, 0.1) is 12.1 Å². The molecule has 2 aliphatic rings. The largest absolute Gasteiger partial charge is 0.408 e. The van der Waals surface area contributed by atoms with Crippen molar-refractivity contribution in [2.75, 3.05) is 44.7 Å². The van der Waals surface area contributed by atoms with E-state index in [1.54, 1.807) is 18.2 Å². The van der Waals surface area contributed by atoms with E-state index in [4.69, 9.17) is 5.26 Å².